The van der Waals surface area contributed by atoms with Crippen molar-refractivity contribution in [3.63, 3.8) is 0 Å². The van der Waals surface area contributed by atoms with Crippen LogP contribution in [0.4, 0.5) is 0 Å². The van der Waals surface area contributed by atoms with E-state index in [-0.39, 0.29) is 31.1 Å². The average molecular weight is 1150 g/mol. The van der Waals surface area contributed by atoms with Gasteiger partial charge in [0.15, 0.2) is 6.10 Å². The van der Waals surface area contributed by atoms with E-state index in [1.807, 2.05) is 0 Å². The van der Waals surface area contributed by atoms with Gasteiger partial charge in [-0.15, -0.1) is 0 Å². The topological polar surface area (TPSA) is 78.9 Å². The van der Waals surface area contributed by atoms with Gasteiger partial charge >= 0.3 is 17.9 Å². The molecule has 0 aromatic heterocycles. The fourth-order valence-corrected chi connectivity index (χ4v) is 11.3. The summed E-state index contributed by atoms with van der Waals surface area (Å²) in [5, 5.41) is 0. The van der Waals surface area contributed by atoms with Crippen LogP contribution in [0.2, 0.25) is 0 Å². The number of rotatable bonds is 69. The van der Waals surface area contributed by atoms with E-state index in [2.05, 4.69) is 57.2 Å². The Balaban J connectivity index is 4.23. The molecule has 0 saturated carbocycles. The van der Waals surface area contributed by atoms with Gasteiger partial charge in [0.1, 0.15) is 13.2 Å². The van der Waals surface area contributed by atoms with E-state index in [9.17, 15) is 14.4 Å². The van der Waals surface area contributed by atoms with Gasteiger partial charge in [-0.3, -0.25) is 14.4 Å². The van der Waals surface area contributed by atoms with Crippen LogP contribution in [0.5, 0.6) is 0 Å². The van der Waals surface area contributed by atoms with E-state index < -0.39 is 6.10 Å². The van der Waals surface area contributed by atoms with Gasteiger partial charge in [-0.05, 0) is 57.8 Å². The molecule has 82 heavy (non-hydrogen) atoms. The first-order valence-corrected chi connectivity index (χ1v) is 37.0. The zero-order valence-corrected chi connectivity index (χ0v) is 55.5. The molecular formula is C76H142O6. The molecule has 0 amide bonds. The predicted octanol–water partition coefficient (Wildman–Crippen LogP) is 25.5. The Morgan fingerprint density at radius 1 is 0.244 bits per heavy atom. The highest BCUT2D eigenvalue weighted by atomic mass is 16.6. The fourth-order valence-electron chi connectivity index (χ4n) is 11.3. The molecule has 0 fully saturated rings. The summed E-state index contributed by atoms with van der Waals surface area (Å²) >= 11 is 0. The summed E-state index contributed by atoms with van der Waals surface area (Å²) in [5.74, 6) is -0.834. The lowest BCUT2D eigenvalue weighted by Crippen LogP contribution is -2.30. The Labute approximate surface area is 512 Å². The monoisotopic (exact) mass is 1150 g/mol. The molecule has 0 radical (unpaired) electrons. The molecule has 0 rings (SSSR count). The summed E-state index contributed by atoms with van der Waals surface area (Å²) in [5.41, 5.74) is 0. The number of carbonyl (C=O) groups excluding carboxylic acids is 3. The highest BCUT2D eigenvalue weighted by Crippen LogP contribution is 2.19. The van der Waals surface area contributed by atoms with E-state index in [0.29, 0.717) is 19.3 Å². The van der Waals surface area contributed by atoms with Crippen molar-refractivity contribution >= 4 is 17.9 Å². The van der Waals surface area contributed by atoms with E-state index in [1.165, 1.54) is 302 Å². The number of ether oxygens (including phenoxy) is 3. The van der Waals surface area contributed by atoms with Gasteiger partial charge in [0, 0.05) is 19.3 Å². The molecular weight excluding hydrogens is 1010 g/mol. The SMILES string of the molecule is CCCCCCC/C=C\C/C=C\C/C=C\CCCCCCCCCCCCCCC(=O)OCC(COC(=O)CCCCCCCCCCCCCCCC)OC(=O)CCCCCCCCCCCCCCCCCCCCCCCCC. The Bertz CT molecular complexity index is 1370. The minimum Gasteiger partial charge on any atom is -0.462 e. The highest BCUT2D eigenvalue weighted by molar-refractivity contribution is 5.71. The maximum atomic E-state index is 13.0. The lowest BCUT2D eigenvalue weighted by molar-refractivity contribution is -0.167. The maximum Gasteiger partial charge on any atom is 0.306 e. The molecule has 1 atom stereocenters. The average Bonchev–Trinajstić information content (AvgIpc) is 3.48. The molecule has 6 heteroatoms. The number of hydrogen-bond donors (Lipinski definition) is 0. The molecule has 1 unspecified atom stereocenters. The zero-order chi connectivity index (χ0) is 59.2. The van der Waals surface area contributed by atoms with Crippen molar-refractivity contribution < 1.29 is 28.6 Å². The molecule has 0 spiro atoms. The third-order valence-corrected chi connectivity index (χ3v) is 16.9. The quantitative estimate of drug-likeness (QED) is 0.0261. The Hall–Kier alpha value is -2.37. The summed E-state index contributed by atoms with van der Waals surface area (Å²) in [6.45, 7) is 6.71. The molecule has 0 N–H and O–H groups in total. The summed E-state index contributed by atoms with van der Waals surface area (Å²) < 4.78 is 17.0. The molecule has 0 aliphatic carbocycles. The maximum absolute atomic E-state index is 13.0. The van der Waals surface area contributed by atoms with Crippen LogP contribution in [0.1, 0.15) is 412 Å². The van der Waals surface area contributed by atoms with Gasteiger partial charge in [0.2, 0.25) is 0 Å². The van der Waals surface area contributed by atoms with Crippen LogP contribution in [0.3, 0.4) is 0 Å². The Kier molecular flexibility index (Phi) is 69.1. The number of unbranched alkanes of at least 4 members (excludes halogenated alkanes) is 52. The van der Waals surface area contributed by atoms with Crippen molar-refractivity contribution in [1.29, 1.82) is 0 Å². The number of hydrogen-bond acceptors (Lipinski definition) is 6. The lowest BCUT2D eigenvalue weighted by atomic mass is 10.0. The third-order valence-electron chi connectivity index (χ3n) is 16.9. The number of allylic oxidation sites excluding steroid dienone is 6. The van der Waals surface area contributed by atoms with Crippen LogP contribution in [-0.2, 0) is 28.6 Å². The zero-order valence-electron chi connectivity index (χ0n) is 55.5. The van der Waals surface area contributed by atoms with Gasteiger partial charge in [-0.2, -0.15) is 0 Å². The molecule has 0 aliphatic rings. The van der Waals surface area contributed by atoms with Crippen molar-refractivity contribution in [2.75, 3.05) is 13.2 Å². The van der Waals surface area contributed by atoms with Crippen LogP contribution in [0.15, 0.2) is 36.5 Å². The third kappa shape index (κ3) is 68.4. The molecule has 0 aromatic rings. The van der Waals surface area contributed by atoms with Crippen molar-refractivity contribution in [2.24, 2.45) is 0 Å². The summed E-state index contributed by atoms with van der Waals surface area (Å²) in [4.78, 5) is 38.5. The predicted molar refractivity (Wildman–Crippen MR) is 358 cm³/mol. The standard InChI is InChI=1S/C76H142O6/c1-4-7-10-13-16-19-22-25-28-30-32-34-36-37-38-39-41-42-44-46-48-51-54-57-60-63-66-69-75(78)81-72-73(71-80-74(77)68-65-62-59-56-53-50-27-24-21-18-15-12-9-6-3)82-76(79)70-67-64-61-58-55-52-49-47-45-43-40-35-33-31-29-26-23-20-17-14-11-8-5-2/h22,25,30,32,36-37,73H,4-21,23-24,26-29,31,33-35,38-72H2,1-3H3/b25-22-,32-30-,37-36-. The van der Waals surface area contributed by atoms with Gasteiger partial charge in [-0.25, -0.2) is 0 Å². The molecule has 0 aliphatic heterocycles. The first kappa shape index (κ1) is 79.6. The summed E-state index contributed by atoms with van der Waals surface area (Å²) in [6.07, 6.45) is 88.9. The van der Waals surface area contributed by atoms with Crippen molar-refractivity contribution in [3.05, 3.63) is 36.5 Å². The second-order valence-corrected chi connectivity index (χ2v) is 25.2. The summed E-state index contributed by atoms with van der Waals surface area (Å²) in [6, 6.07) is 0. The Morgan fingerprint density at radius 2 is 0.439 bits per heavy atom. The number of carbonyl (C=O) groups is 3. The first-order chi connectivity index (χ1) is 40.5. The van der Waals surface area contributed by atoms with Crippen molar-refractivity contribution in [3.8, 4) is 0 Å². The molecule has 0 aromatic carbocycles. The fraction of sp³-hybridized carbons (Fsp3) is 0.882. The van der Waals surface area contributed by atoms with E-state index in [0.717, 1.165) is 70.6 Å². The van der Waals surface area contributed by atoms with E-state index >= 15 is 0 Å². The van der Waals surface area contributed by atoms with Crippen molar-refractivity contribution in [1.82, 2.24) is 0 Å². The van der Waals surface area contributed by atoms with Crippen LogP contribution in [0, 0.1) is 0 Å². The Morgan fingerprint density at radius 3 is 0.683 bits per heavy atom. The van der Waals surface area contributed by atoms with Crippen LogP contribution >= 0.6 is 0 Å². The molecule has 0 bridgehead atoms. The van der Waals surface area contributed by atoms with Crippen molar-refractivity contribution in [2.45, 2.75) is 419 Å². The summed E-state index contributed by atoms with van der Waals surface area (Å²) in [7, 11) is 0. The van der Waals surface area contributed by atoms with Crippen LogP contribution in [0.25, 0.3) is 0 Å². The first-order valence-electron chi connectivity index (χ1n) is 37.0. The van der Waals surface area contributed by atoms with E-state index in [4.69, 9.17) is 14.2 Å². The van der Waals surface area contributed by atoms with Gasteiger partial charge in [-0.1, -0.05) is 372 Å². The van der Waals surface area contributed by atoms with E-state index in [1.54, 1.807) is 0 Å². The normalized spacial score (nSPS) is 12.2. The minimum atomic E-state index is -0.770. The van der Waals surface area contributed by atoms with Gasteiger partial charge < -0.3 is 14.2 Å². The largest absolute Gasteiger partial charge is 0.462 e. The lowest BCUT2D eigenvalue weighted by Gasteiger charge is -2.18. The van der Waals surface area contributed by atoms with Gasteiger partial charge in [0.25, 0.3) is 0 Å². The minimum absolute atomic E-state index is 0.0657. The second kappa shape index (κ2) is 71.1. The van der Waals surface area contributed by atoms with Crippen LogP contribution < -0.4 is 0 Å². The highest BCUT2D eigenvalue weighted by Gasteiger charge is 2.20. The molecule has 482 valence electrons. The van der Waals surface area contributed by atoms with Crippen LogP contribution in [-0.4, -0.2) is 37.2 Å². The number of esters is 3. The molecule has 0 saturated heterocycles. The second-order valence-electron chi connectivity index (χ2n) is 25.2. The molecule has 6 nitrogen and oxygen atoms in total. The van der Waals surface area contributed by atoms with Gasteiger partial charge in [0.05, 0.1) is 0 Å². The smallest absolute Gasteiger partial charge is 0.306 e. The molecule has 0 heterocycles.